The van der Waals surface area contributed by atoms with Gasteiger partial charge < -0.3 is 21.7 Å². The third kappa shape index (κ3) is 41.7. The van der Waals surface area contributed by atoms with Crippen molar-refractivity contribution in [2.45, 2.75) is 206 Å². The van der Waals surface area contributed by atoms with E-state index in [0.29, 0.717) is 12.8 Å². The number of rotatable bonds is 24. The van der Waals surface area contributed by atoms with Crippen molar-refractivity contribution in [3.63, 3.8) is 0 Å². The molecule has 0 aromatic carbocycles. The number of unbranched alkanes of at least 4 members (excludes halogenated alkanes) is 20. The van der Waals surface area contributed by atoms with Crippen LogP contribution >= 0.6 is 0 Å². The molecule has 1 fully saturated rings. The number of carbonyl (C=O) groups is 2. The first-order valence-corrected chi connectivity index (χ1v) is 17.3. The average Bonchev–Trinajstić information content (AvgIpc) is 2.92. The van der Waals surface area contributed by atoms with Crippen molar-refractivity contribution in [2.75, 3.05) is 0 Å². The Hall–Kier alpha value is -0.452. The molecule has 0 bridgehead atoms. The minimum absolute atomic E-state index is 0. The molecule has 1 saturated carbocycles. The largest absolute Gasteiger partial charge is 0.481 e. The van der Waals surface area contributed by atoms with Crippen molar-refractivity contribution in [1.82, 2.24) is 0 Å². The number of hydrogen-bond acceptors (Lipinski definition) is 4. The Labute approximate surface area is 269 Å². The SMILES string of the molecule is CCCCCCCCCCCCCC(=O)O.CCCCCCCCCCCCCC(=O)O.N[C@@H]1CCCC[C@H]1N.[Pt]. The summed E-state index contributed by atoms with van der Waals surface area (Å²) in [5, 5.41) is 16.9. The number of aliphatic carboxylic acids is 2. The van der Waals surface area contributed by atoms with Gasteiger partial charge in [-0.2, -0.15) is 0 Å². The van der Waals surface area contributed by atoms with Gasteiger partial charge in [-0.25, -0.2) is 0 Å². The van der Waals surface area contributed by atoms with Gasteiger partial charge in [-0.05, 0) is 25.7 Å². The Bertz CT molecular complexity index is 491. The van der Waals surface area contributed by atoms with E-state index in [1.807, 2.05) is 0 Å². The molecule has 0 aromatic heterocycles. The van der Waals surface area contributed by atoms with Crippen LogP contribution in [-0.2, 0) is 30.7 Å². The van der Waals surface area contributed by atoms with Gasteiger partial charge in [0.1, 0.15) is 0 Å². The summed E-state index contributed by atoms with van der Waals surface area (Å²) in [4.78, 5) is 20.5. The van der Waals surface area contributed by atoms with Gasteiger partial charge in [0.05, 0.1) is 0 Å². The molecule has 2 atom stereocenters. The Morgan fingerprint density at radius 2 is 0.707 bits per heavy atom. The van der Waals surface area contributed by atoms with E-state index in [4.69, 9.17) is 21.7 Å². The maximum atomic E-state index is 10.3. The molecule has 0 saturated heterocycles. The molecule has 1 aliphatic carbocycles. The van der Waals surface area contributed by atoms with Crippen molar-refractivity contribution in [2.24, 2.45) is 11.5 Å². The summed E-state index contributed by atoms with van der Waals surface area (Å²) in [5.41, 5.74) is 11.3. The third-order valence-corrected chi connectivity index (χ3v) is 7.86. The fraction of sp³-hybridized carbons (Fsp3) is 0.941. The molecule has 0 aromatic rings. The molecule has 0 spiro atoms. The van der Waals surface area contributed by atoms with E-state index in [2.05, 4.69) is 13.8 Å². The zero-order chi connectivity index (χ0) is 30.1. The van der Waals surface area contributed by atoms with Crippen LogP contribution in [0.1, 0.15) is 194 Å². The van der Waals surface area contributed by atoms with Crippen LogP contribution in [0.15, 0.2) is 0 Å². The molecule has 6 nitrogen and oxygen atoms in total. The van der Waals surface area contributed by atoms with Crippen molar-refractivity contribution in [1.29, 1.82) is 0 Å². The minimum atomic E-state index is -0.657. The van der Waals surface area contributed by atoms with E-state index in [1.165, 1.54) is 128 Å². The van der Waals surface area contributed by atoms with Crippen LogP contribution in [0, 0.1) is 0 Å². The summed E-state index contributed by atoms with van der Waals surface area (Å²) in [6.45, 7) is 4.49. The van der Waals surface area contributed by atoms with Gasteiger partial charge in [0, 0.05) is 46.0 Å². The quantitative estimate of drug-likeness (QED) is 0.0725. The summed E-state index contributed by atoms with van der Waals surface area (Å²) in [6.07, 6.45) is 33.5. The van der Waals surface area contributed by atoms with Gasteiger partial charge in [-0.1, -0.05) is 155 Å². The first kappa shape index (κ1) is 45.0. The van der Waals surface area contributed by atoms with Gasteiger partial charge in [-0.15, -0.1) is 0 Å². The Kier molecular flexibility index (Phi) is 41.2. The van der Waals surface area contributed by atoms with E-state index in [9.17, 15) is 9.59 Å². The maximum absolute atomic E-state index is 10.3. The normalized spacial score (nSPS) is 16.0. The fourth-order valence-electron chi connectivity index (χ4n) is 5.07. The number of hydrogen-bond donors (Lipinski definition) is 4. The fourth-order valence-corrected chi connectivity index (χ4v) is 5.07. The summed E-state index contributed by atoms with van der Waals surface area (Å²) >= 11 is 0. The maximum Gasteiger partial charge on any atom is 0.303 e. The van der Waals surface area contributed by atoms with Crippen LogP contribution < -0.4 is 11.5 Å². The Morgan fingerprint density at radius 3 is 0.902 bits per heavy atom. The molecule has 41 heavy (non-hydrogen) atoms. The van der Waals surface area contributed by atoms with Gasteiger partial charge in [0.2, 0.25) is 0 Å². The smallest absolute Gasteiger partial charge is 0.303 e. The molecule has 0 aliphatic heterocycles. The van der Waals surface area contributed by atoms with E-state index >= 15 is 0 Å². The summed E-state index contributed by atoms with van der Waals surface area (Å²) in [6, 6.07) is 0.562. The zero-order valence-corrected chi connectivity index (χ0v) is 29.4. The molecule has 0 heterocycles. The monoisotopic (exact) mass is 765 g/mol. The van der Waals surface area contributed by atoms with Crippen LogP contribution in [0.4, 0.5) is 0 Å². The second kappa shape index (κ2) is 37.6. The average molecular weight is 766 g/mol. The van der Waals surface area contributed by atoms with Crippen LogP contribution in [-0.4, -0.2) is 34.2 Å². The molecule has 7 heteroatoms. The van der Waals surface area contributed by atoms with Gasteiger partial charge >= 0.3 is 11.9 Å². The molecule has 0 radical (unpaired) electrons. The number of carboxylic acid groups (broad SMARTS) is 2. The molecular weight excluding hydrogens is 695 g/mol. The molecule has 0 unspecified atom stereocenters. The molecule has 250 valence electrons. The van der Waals surface area contributed by atoms with Crippen molar-refractivity contribution in [3.8, 4) is 0 Å². The standard InChI is InChI=1S/2C14H28O2.C6H14N2.Pt/c2*1-2-3-4-5-6-7-8-9-10-11-12-13-14(15)16;7-5-3-1-2-4-6(5)8;/h2*2-13H2,1H3,(H,15,16);5-6H,1-4,7-8H2;/t;;5-,6-;/m..1./s1. The first-order valence-electron chi connectivity index (χ1n) is 17.3. The predicted molar refractivity (Wildman–Crippen MR) is 172 cm³/mol. The van der Waals surface area contributed by atoms with E-state index in [-0.39, 0.29) is 33.1 Å². The summed E-state index contributed by atoms with van der Waals surface area (Å²) in [7, 11) is 0. The third-order valence-electron chi connectivity index (χ3n) is 7.86. The topological polar surface area (TPSA) is 127 Å². The van der Waals surface area contributed by atoms with Gasteiger partial charge in [0.25, 0.3) is 0 Å². The molecule has 0 amide bonds. The van der Waals surface area contributed by atoms with Crippen molar-refractivity contribution >= 4 is 11.9 Å². The second-order valence-corrected chi connectivity index (χ2v) is 12.0. The van der Waals surface area contributed by atoms with Gasteiger partial charge in [-0.3, -0.25) is 9.59 Å². The molecule has 1 rings (SSSR count). The number of nitrogens with two attached hydrogens (primary N) is 2. The molecule has 1 aliphatic rings. The van der Waals surface area contributed by atoms with Crippen LogP contribution in [0.3, 0.4) is 0 Å². The summed E-state index contributed by atoms with van der Waals surface area (Å²) < 4.78 is 0. The molecule has 6 N–H and O–H groups in total. The van der Waals surface area contributed by atoms with Crippen LogP contribution in [0.2, 0.25) is 0 Å². The van der Waals surface area contributed by atoms with E-state index in [1.54, 1.807) is 0 Å². The van der Waals surface area contributed by atoms with Crippen LogP contribution in [0.5, 0.6) is 0 Å². The second-order valence-electron chi connectivity index (χ2n) is 12.0. The predicted octanol–water partition coefficient (Wildman–Crippen LogP) is 9.76. The van der Waals surface area contributed by atoms with Crippen molar-refractivity contribution in [3.05, 3.63) is 0 Å². The van der Waals surface area contributed by atoms with E-state index < -0.39 is 11.9 Å². The van der Waals surface area contributed by atoms with E-state index in [0.717, 1.165) is 38.5 Å². The van der Waals surface area contributed by atoms with Gasteiger partial charge in [0.15, 0.2) is 0 Å². The zero-order valence-electron chi connectivity index (χ0n) is 27.1. The van der Waals surface area contributed by atoms with Crippen LogP contribution in [0.25, 0.3) is 0 Å². The Balaban J connectivity index is -0.000000548. The Morgan fingerprint density at radius 1 is 0.488 bits per heavy atom. The minimum Gasteiger partial charge on any atom is -0.481 e. The van der Waals surface area contributed by atoms with Crippen molar-refractivity contribution < 1.29 is 40.9 Å². The molecular formula is C34H70N2O4Pt. The number of carboxylic acids is 2. The first-order chi connectivity index (χ1) is 19.3. The summed E-state index contributed by atoms with van der Waals surface area (Å²) in [5.74, 6) is -1.31.